The Kier molecular flexibility index (Phi) is 9.58. The lowest BCUT2D eigenvalue weighted by Crippen LogP contribution is -2.05. The molecule has 14 heavy (non-hydrogen) atoms. The molecule has 0 aromatic heterocycles. The van der Waals surface area contributed by atoms with Crippen LogP contribution in [-0.2, 0) is 4.79 Å². The predicted molar refractivity (Wildman–Crippen MR) is 65.9 cm³/mol. The number of rotatable bonds is 9. The predicted octanol–water partition coefficient (Wildman–Crippen LogP) is 3.92. The topological polar surface area (TPSA) is 17.1 Å². The monoisotopic (exact) mass is 216 g/mol. The first-order chi connectivity index (χ1) is 6.68. The van der Waals surface area contributed by atoms with E-state index >= 15 is 0 Å². The maximum absolute atomic E-state index is 10.9. The fourth-order valence-electron chi connectivity index (χ4n) is 1.36. The summed E-state index contributed by atoms with van der Waals surface area (Å²) < 4.78 is 0. The van der Waals surface area contributed by atoms with E-state index in [9.17, 15) is 4.79 Å². The van der Waals surface area contributed by atoms with Gasteiger partial charge in [-0.2, -0.15) is 11.8 Å². The summed E-state index contributed by atoms with van der Waals surface area (Å²) in [7, 11) is 0. The van der Waals surface area contributed by atoms with Crippen molar-refractivity contribution in [2.45, 2.75) is 52.9 Å². The molecule has 0 radical (unpaired) electrons. The molecule has 0 aromatic rings. The molecule has 0 heterocycles. The first-order valence-corrected chi connectivity index (χ1v) is 6.92. The number of carbonyl (C=O) groups is 1. The zero-order chi connectivity index (χ0) is 10.8. The zero-order valence-corrected chi connectivity index (χ0v) is 10.7. The van der Waals surface area contributed by atoms with Crippen molar-refractivity contribution in [1.29, 1.82) is 0 Å². The fraction of sp³-hybridized carbons (Fsp3) is 0.917. The van der Waals surface area contributed by atoms with E-state index in [1.165, 1.54) is 37.2 Å². The van der Waals surface area contributed by atoms with Gasteiger partial charge >= 0.3 is 0 Å². The average molecular weight is 216 g/mol. The van der Waals surface area contributed by atoms with E-state index in [0.29, 0.717) is 5.78 Å². The Bertz CT molecular complexity index is 145. The van der Waals surface area contributed by atoms with Gasteiger partial charge in [0.25, 0.3) is 0 Å². The molecule has 0 fully saturated rings. The zero-order valence-electron chi connectivity index (χ0n) is 9.84. The maximum Gasteiger partial charge on any atom is 0.132 e. The fourth-order valence-corrected chi connectivity index (χ4v) is 2.05. The number of hydrogen-bond acceptors (Lipinski definition) is 2. The highest BCUT2D eigenvalue weighted by Gasteiger charge is 2.05. The third-order valence-electron chi connectivity index (χ3n) is 2.57. The molecule has 2 heteroatoms. The lowest BCUT2D eigenvalue weighted by atomic mass is 9.99. The van der Waals surface area contributed by atoms with Crippen LogP contribution in [-0.4, -0.2) is 17.3 Å². The molecule has 0 bridgehead atoms. The van der Waals surface area contributed by atoms with Gasteiger partial charge in [0.15, 0.2) is 0 Å². The van der Waals surface area contributed by atoms with E-state index in [-0.39, 0.29) is 5.92 Å². The standard InChI is InChI=1S/C12H24OS/c1-4-14-10-8-6-5-7-9-11(2)12(3)13/h11H,4-10H2,1-3H3. The Balaban J connectivity index is 3.09. The molecule has 1 nitrogen and oxygen atoms in total. The van der Waals surface area contributed by atoms with Gasteiger partial charge in [-0.15, -0.1) is 0 Å². The quantitative estimate of drug-likeness (QED) is 0.543. The molecule has 0 saturated heterocycles. The Morgan fingerprint density at radius 1 is 1.21 bits per heavy atom. The van der Waals surface area contributed by atoms with Gasteiger partial charge < -0.3 is 0 Å². The summed E-state index contributed by atoms with van der Waals surface area (Å²) in [4.78, 5) is 10.9. The van der Waals surface area contributed by atoms with Crippen molar-refractivity contribution in [3.05, 3.63) is 0 Å². The molecule has 0 rings (SSSR count). The summed E-state index contributed by atoms with van der Waals surface area (Å²) in [5.74, 6) is 3.16. The summed E-state index contributed by atoms with van der Waals surface area (Å²) in [6.07, 6.45) is 6.26. The molecule has 0 aliphatic heterocycles. The third-order valence-corrected chi connectivity index (χ3v) is 3.56. The number of unbranched alkanes of at least 4 members (excludes halogenated alkanes) is 3. The summed E-state index contributed by atoms with van der Waals surface area (Å²) in [6.45, 7) is 5.94. The molecule has 0 aliphatic carbocycles. The van der Waals surface area contributed by atoms with Crippen LogP contribution in [0, 0.1) is 5.92 Å². The molecule has 0 spiro atoms. The second-order valence-corrected chi connectivity index (χ2v) is 5.31. The number of carbonyl (C=O) groups excluding carboxylic acids is 1. The van der Waals surface area contributed by atoms with Crippen LogP contribution in [0.3, 0.4) is 0 Å². The van der Waals surface area contributed by atoms with Crippen molar-refractivity contribution in [1.82, 2.24) is 0 Å². The van der Waals surface area contributed by atoms with Crippen LogP contribution >= 0.6 is 11.8 Å². The summed E-state index contributed by atoms with van der Waals surface area (Å²) >= 11 is 2.02. The van der Waals surface area contributed by atoms with Gasteiger partial charge in [0.05, 0.1) is 0 Å². The highest BCUT2D eigenvalue weighted by atomic mass is 32.2. The first kappa shape index (κ1) is 14.0. The average Bonchev–Trinajstić information content (AvgIpc) is 2.16. The van der Waals surface area contributed by atoms with Crippen molar-refractivity contribution in [3.8, 4) is 0 Å². The molecule has 0 N–H and O–H groups in total. The summed E-state index contributed by atoms with van der Waals surface area (Å²) in [6, 6.07) is 0. The number of Topliss-reactive ketones (excluding diaryl/α,β-unsaturated/α-hetero) is 1. The minimum absolute atomic E-state index is 0.278. The molecule has 0 amide bonds. The molecule has 0 saturated carbocycles. The lowest BCUT2D eigenvalue weighted by molar-refractivity contribution is -0.120. The molecule has 1 unspecified atom stereocenters. The van der Waals surface area contributed by atoms with Crippen LogP contribution in [0.2, 0.25) is 0 Å². The summed E-state index contributed by atoms with van der Waals surface area (Å²) in [5, 5.41) is 0. The van der Waals surface area contributed by atoms with Crippen molar-refractivity contribution >= 4 is 17.5 Å². The Labute approximate surface area is 93.0 Å². The van der Waals surface area contributed by atoms with Crippen LogP contribution in [0.4, 0.5) is 0 Å². The SMILES string of the molecule is CCSCCCCCCC(C)C(C)=O. The van der Waals surface area contributed by atoms with Crippen LogP contribution in [0.15, 0.2) is 0 Å². The molecule has 1 atom stereocenters. The van der Waals surface area contributed by atoms with Gasteiger partial charge in [-0.05, 0) is 31.3 Å². The smallest absolute Gasteiger partial charge is 0.132 e. The number of ketones is 1. The highest BCUT2D eigenvalue weighted by Crippen LogP contribution is 2.12. The van der Waals surface area contributed by atoms with E-state index in [4.69, 9.17) is 0 Å². The van der Waals surface area contributed by atoms with Crippen LogP contribution in [0.1, 0.15) is 52.9 Å². The van der Waals surface area contributed by atoms with Crippen molar-refractivity contribution in [2.75, 3.05) is 11.5 Å². The van der Waals surface area contributed by atoms with Crippen molar-refractivity contribution in [3.63, 3.8) is 0 Å². The molecule has 0 aliphatic rings. The van der Waals surface area contributed by atoms with E-state index in [2.05, 4.69) is 6.92 Å². The number of thioether (sulfide) groups is 1. The molecular weight excluding hydrogens is 192 g/mol. The largest absolute Gasteiger partial charge is 0.300 e. The first-order valence-electron chi connectivity index (χ1n) is 5.76. The van der Waals surface area contributed by atoms with Gasteiger partial charge in [0.1, 0.15) is 5.78 Å². The Hall–Kier alpha value is 0.0200. The normalized spacial score (nSPS) is 12.8. The van der Waals surface area contributed by atoms with Crippen LogP contribution in [0.5, 0.6) is 0 Å². The van der Waals surface area contributed by atoms with E-state index in [1.807, 2.05) is 18.7 Å². The van der Waals surface area contributed by atoms with E-state index in [0.717, 1.165) is 6.42 Å². The second kappa shape index (κ2) is 9.57. The van der Waals surface area contributed by atoms with E-state index in [1.54, 1.807) is 6.92 Å². The molecular formula is C12H24OS. The minimum Gasteiger partial charge on any atom is -0.300 e. The van der Waals surface area contributed by atoms with Gasteiger partial charge in [-0.1, -0.05) is 33.1 Å². The van der Waals surface area contributed by atoms with Crippen molar-refractivity contribution in [2.24, 2.45) is 5.92 Å². The molecule has 84 valence electrons. The van der Waals surface area contributed by atoms with Crippen LogP contribution in [0.25, 0.3) is 0 Å². The van der Waals surface area contributed by atoms with Gasteiger partial charge in [-0.25, -0.2) is 0 Å². The molecule has 0 aromatic carbocycles. The van der Waals surface area contributed by atoms with Gasteiger partial charge in [0, 0.05) is 5.92 Å². The minimum atomic E-state index is 0.278. The van der Waals surface area contributed by atoms with Crippen molar-refractivity contribution < 1.29 is 4.79 Å². The van der Waals surface area contributed by atoms with E-state index < -0.39 is 0 Å². The lowest BCUT2D eigenvalue weighted by Gasteiger charge is -2.06. The number of hydrogen-bond donors (Lipinski definition) is 0. The Morgan fingerprint density at radius 2 is 1.86 bits per heavy atom. The van der Waals surface area contributed by atoms with Crippen LogP contribution < -0.4 is 0 Å². The Morgan fingerprint density at radius 3 is 2.43 bits per heavy atom. The van der Waals surface area contributed by atoms with Gasteiger partial charge in [-0.3, -0.25) is 4.79 Å². The summed E-state index contributed by atoms with van der Waals surface area (Å²) in [5.41, 5.74) is 0. The third kappa shape index (κ3) is 8.61. The van der Waals surface area contributed by atoms with Gasteiger partial charge in [0.2, 0.25) is 0 Å². The highest BCUT2D eigenvalue weighted by molar-refractivity contribution is 7.99. The maximum atomic E-state index is 10.9. The second-order valence-electron chi connectivity index (χ2n) is 3.91.